The molecule has 20 nitrogen and oxygen atoms in total. The van der Waals surface area contributed by atoms with E-state index in [4.69, 9.17) is 96.2 Å². The van der Waals surface area contributed by atoms with Crippen LogP contribution in [0.1, 0.15) is 0 Å². The van der Waals surface area contributed by atoms with Gasteiger partial charge < -0.3 is 96.2 Å². The maximum atomic E-state index is 8.55. The van der Waals surface area contributed by atoms with Gasteiger partial charge in [0.15, 0.2) is 0 Å². The zero-order valence-electron chi connectivity index (χ0n) is 11.7. The van der Waals surface area contributed by atoms with Crippen LogP contribution in [0, 0.1) is 0 Å². The van der Waals surface area contributed by atoms with Crippen molar-refractivity contribution in [2.75, 3.05) is 0 Å². The van der Waals surface area contributed by atoms with E-state index in [1.54, 1.807) is 0 Å². The van der Waals surface area contributed by atoms with Crippen molar-refractivity contribution in [3.05, 3.63) is 0 Å². The molecule has 0 saturated heterocycles. The fourth-order valence-corrected chi connectivity index (χ4v) is 0. The molecule has 0 aromatic heterocycles. The average molecular weight is 652 g/mol. The largest absolute Gasteiger partial charge is 5.00 e. The molecule has 0 fully saturated rings. The SMILES string of the molecule is O=P([O-])([O-])[O-].O=P([O-])([O-])[O-].O=P([O-])([O-])[O-].O=P([O-])([O-])[O-].O=P([O-])([O-])[O-].[LiH].[LiH].[LiH].[V+5].[V+5].[V+5]. The Hall–Kier alpha value is 4.10. The molecular formula is H3Li3O20P5V3. The predicted molar refractivity (Wildman–Crippen MR) is 59.5 cm³/mol. The minimum absolute atomic E-state index is 0. The Labute approximate surface area is 245 Å². The molecule has 0 unspecified atom stereocenters. The van der Waals surface area contributed by atoms with Crippen molar-refractivity contribution in [1.82, 2.24) is 0 Å². The zero-order valence-corrected chi connectivity index (χ0v) is 20.4. The molecule has 0 amide bonds. The van der Waals surface area contributed by atoms with Gasteiger partial charge in [0.1, 0.15) is 0 Å². The Balaban J connectivity index is -0.0000000171. The zero-order chi connectivity index (χ0) is 22.5. The van der Waals surface area contributed by atoms with Crippen LogP contribution in [0.25, 0.3) is 0 Å². The third-order valence-corrected chi connectivity index (χ3v) is 0. The molecular weight excluding hydrogens is 649 g/mol. The fourth-order valence-electron chi connectivity index (χ4n) is 0. The Bertz CT molecular complexity index is 393. The van der Waals surface area contributed by atoms with Crippen molar-refractivity contribution >= 4 is 95.7 Å². The molecule has 0 bridgehead atoms. The van der Waals surface area contributed by atoms with Crippen LogP contribution >= 0.6 is 39.1 Å². The minimum Gasteiger partial charge on any atom is 5.00 e. The van der Waals surface area contributed by atoms with Crippen LogP contribution in [0.15, 0.2) is 0 Å². The fraction of sp³-hybridized carbons (Fsp3) is 0. The summed E-state index contributed by atoms with van der Waals surface area (Å²) < 4.78 is 42.7. The first-order valence-corrected chi connectivity index (χ1v) is 11.0. The number of phosphoric acid groups is 5. The van der Waals surface area contributed by atoms with Crippen molar-refractivity contribution in [3.63, 3.8) is 0 Å². The Morgan fingerprint density at radius 3 is 0.258 bits per heavy atom. The first kappa shape index (κ1) is 70.3. The van der Waals surface area contributed by atoms with E-state index in [1.165, 1.54) is 0 Å². The number of hydrogen-bond acceptors (Lipinski definition) is 20. The Morgan fingerprint density at radius 2 is 0.258 bits per heavy atom. The van der Waals surface area contributed by atoms with Gasteiger partial charge in [-0.25, -0.2) is 0 Å². The molecule has 0 aromatic rings. The summed E-state index contributed by atoms with van der Waals surface area (Å²) >= 11 is 0. The van der Waals surface area contributed by atoms with E-state index in [0.29, 0.717) is 0 Å². The van der Waals surface area contributed by atoms with Crippen molar-refractivity contribution in [1.29, 1.82) is 0 Å². The minimum atomic E-state index is -5.39. The van der Waals surface area contributed by atoms with Gasteiger partial charge in [0.05, 0.1) is 0 Å². The van der Waals surface area contributed by atoms with E-state index in [2.05, 4.69) is 0 Å². The van der Waals surface area contributed by atoms with Gasteiger partial charge in [0, 0.05) is 0 Å². The van der Waals surface area contributed by atoms with Crippen LogP contribution in [0.3, 0.4) is 0 Å². The topological polar surface area (TPSA) is 431 Å². The van der Waals surface area contributed by atoms with E-state index < -0.39 is 39.1 Å². The number of rotatable bonds is 0. The third-order valence-electron chi connectivity index (χ3n) is 0. The first-order valence-electron chi connectivity index (χ1n) is 3.65. The van der Waals surface area contributed by atoms with E-state index >= 15 is 0 Å². The molecule has 166 valence electrons. The van der Waals surface area contributed by atoms with Crippen molar-refractivity contribution in [2.24, 2.45) is 0 Å². The molecule has 0 radical (unpaired) electrons. The molecule has 0 aliphatic carbocycles. The van der Waals surface area contributed by atoms with Gasteiger partial charge in [-0.2, -0.15) is 39.1 Å². The van der Waals surface area contributed by atoms with E-state index in [0.717, 1.165) is 0 Å². The summed E-state index contributed by atoms with van der Waals surface area (Å²) in [6.07, 6.45) is 0. The van der Waals surface area contributed by atoms with E-state index in [1.807, 2.05) is 0 Å². The molecule has 0 saturated carbocycles. The summed E-state index contributed by atoms with van der Waals surface area (Å²) in [5, 5.41) is 0. The van der Waals surface area contributed by atoms with Crippen molar-refractivity contribution < 1.29 is 152 Å². The Kier molecular flexibility index (Phi) is 72.8. The van der Waals surface area contributed by atoms with Crippen molar-refractivity contribution in [3.8, 4) is 0 Å². The summed E-state index contributed by atoms with van der Waals surface area (Å²) in [5.74, 6) is 0. The second-order valence-corrected chi connectivity index (χ2v) is 6.71. The molecule has 0 N–H and O–H groups in total. The van der Waals surface area contributed by atoms with Gasteiger partial charge in [0.2, 0.25) is 0 Å². The standard InChI is InChI=1S/3Li.5H3O4P.3V.3H/c;;;5*1-5(2,3)4;;;;;;/h;;;5*(H3,1,2,3,4);;;;;;/q;;;;;;;;3*+5;;;/p-15. The van der Waals surface area contributed by atoms with Gasteiger partial charge >= 0.3 is 112 Å². The monoisotopic (exact) mass is 652 g/mol. The van der Waals surface area contributed by atoms with Gasteiger partial charge in [0.25, 0.3) is 0 Å². The maximum Gasteiger partial charge on any atom is 5.00 e. The van der Waals surface area contributed by atoms with Gasteiger partial charge in [-0.1, -0.05) is 0 Å². The predicted octanol–water partition coefficient (Wildman–Crippen LogP) is -16.1. The smallest absolute Gasteiger partial charge is 5.00 e. The van der Waals surface area contributed by atoms with E-state index in [-0.39, 0.29) is 112 Å². The second kappa shape index (κ2) is 32.1. The normalized spacial score (nSPS) is 9.52. The van der Waals surface area contributed by atoms with Crippen LogP contribution < -0.4 is 73.4 Å². The van der Waals surface area contributed by atoms with Gasteiger partial charge in [-0.15, -0.1) is 0 Å². The van der Waals surface area contributed by atoms with Crippen LogP contribution in [0.4, 0.5) is 0 Å². The molecule has 0 aromatic carbocycles. The van der Waals surface area contributed by atoms with E-state index in [9.17, 15) is 0 Å². The molecule has 0 heterocycles. The summed E-state index contributed by atoms with van der Waals surface area (Å²) in [7, 11) is -26.9. The third kappa shape index (κ3) is 2090. The van der Waals surface area contributed by atoms with Gasteiger partial charge in [-0.3, -0.25) is 0 Å². The van der Waals surface area contributed by atoms with Crippen LogP contribution in [-0.4, -0.2) is 56.6 Å². The van der Waals surface area contributed by atoms with Crippen molar-refractivity contribution in [2.45, 2.75) is 0 Å². The van der Waals surface area contributed by atoms with Crippen LogP contribution in [-0.2, 0) is 78.5 Å². The molecule has 31 heavy (non-hydrogen) atoms. The number of hydrogen-bond donors (Lipinski definition) is 0. The molecule has 0 aliphatic rings. The molecule has 0 atom stereocenters. The second-order valence-electron chi connectivity index (χ2n) is 2.24. The summed E-state index contributed by atoms with van der Waals surface area (Å²) in [4.78, 5) is 128. The Morgan fingerprint density at radius 1 is 0.258 bits per heavy atom. The van der Waals surface area contributed by atoms with Crippen LogP contribution in [0.5, 0.6) is 0 Å². The maximum absolute atomic E-state index is 8.55. The first-order chi connectivity index (χ1) is 10.0. The van der Waals surface area contributed by atoms with Gasteiger partial charge in [-0.05, 0) is 0 Å². The summed E-state index contributed by atoms with van der Waals surface area (Å²) in [6, 6.07) is 0. The molecule has 0 rings (SSSR count). The summed E-state index contributed by atoms with van der Waals surface area (Å²) in [5.41, 5.74) is 0. The average Bonchev–Trinajstić information content (AvgIpc) is 1.79. The summed E-state index contributed by atoms with van der Waals surface area (Å²) in [6.45, 7) is 0. The molecule has 0 aliphatic heterocycles. The molecule has 31 heteroatoms. The quantitative estimate of drug-likeness (QED) is 0.173. The molecule has 0 spiro atoms. The van der Waals surface area contributed by atoms with Crippen LogP contribution in [0.2, 0.25) is 0 Å².